The Hall–Kier alpha value is -4.00. The monoisotopic (exact) mass is 524 g/mol. The number of methoxy groups -OCH3 is 1. The summed E-state index contributed by atoms with van der Waals surface area (Å²) >= 11 is 0. The molecule has 0 spiro atoms. The summed E-state index contributed by atoms with van der Waals surface area (Å²) in [6, 6.07) is 0. The van der Waals surface area contributed by atoms with Crippen molar-refractivity contribution in [3.8, 4) is 0 Å². The Kier molecular flexibility index (Phi) is 7.02. The van der Waals surface area contributed by atoms with Crippen LogP contribution in [0.2, 0.25) is 0 Å². The molecule has 0 aliphatic carbocycles. The molecule has 5 heterocycles. The zero-order valence-corrected chi connectivity index (χ0v) is 23.8. The summed E-state index contributed by atoms with van der Waals surface area (Å²) in [6.45, 7) is 12.6. The van der Waals surface area contributed by atoms with Crippen LogP contribution >= 0.6 is 0 Å². The van der Waals surface area contributed by atoms with Crippen LogP contribution < -0.4 is 5.32 Å². The highest BCUT2D eigenvalue weighted by Crippen LogP contribution is 2.41. The lowest BCUT2D eigenvalue weighted by Crippen LogP contribution is -2.15. The topological polar surface area (TPSA) is 95.6 Å². The average molecular weight is 525 g/mol. The van der Waals surface area contributed by atoms with Crippen molar-refractivity contribution >= 4 is 23.1 Å². The molecular weight excluding hydrogens is 488 g/mol. The predicted octanol–water partition coefficient (Wildman–Crippen LogP) is 6.49. The van der Waals surface area contributed by atoms with Gasteiger partial charge in [0.1, 0.15) is 0 Å². The smallest absolute Gasteiger partial charge is 0.305 e. The van der Waals surface area contributed by atoms with Gasteiger partial charge in [0.2, 0.25) is 0 Å². The second kappa shape index (κ2) is 10.3. The van der Waals surface area contributed by atoms with E-state index in [1.54, 1.807) is 0 Å². The molecule has 0 radical (unpaired) electrons. The number of esters is 1. The van der Waals surface area contributed by atoms with Crippen molar-refractivity contribution in [1.29, 1.82) is 0 Å². The number of carbonyl (C=O) groups is 1. The van der Waals surface area contributed by atoms with Gasteiger partial charge in [0.05, 0.1) is 47.6 Å². The molecule has 7 heteroatoms. The Morgan fingerprint density at radius 3 is 2.38 bits per heavy atom. The van der Waals surface area contributed by atoms with Gasteiger partial charge in [-0.1, -0.05) is 13.8 Å². The van der Waals surface area contributed by atoms with E-state index in [4.69, 9.17) is 19.7 Å². The maximum absolute atomic E-state index is 12.1. The Bertz CT molecular complexity index is 1520. The molecule has 2 N–H and O–H groups in total. The molecule has 0 amide bonds. The molecule has 8 bridgehead atoms. The van der Waals surface area contributed by atoms with Crippen LogP contribution in [-0.2, 0) is 9.53 Å². The Balaban J connectivity index is 1.73. The van der Waals surface area contributed by atoms with E-state index in [-0.39, 0.29) is 17.8 Å². The molecule has 0 aromatic heterocycles. The number of carbonyl (C=O) groups excluding carboxylic acids is 1. The van der Waals surface area contributed by atoms with Gasteiger partial charge in [-0.2, -0.15) is 0 Å². The number of nitrogens with zero attached hydrogens (tertiary/aromatic N) is 3. The minimum atomic E-state index is -0.213. The average Bonchev–Trinajstić information content (AvgIpc) is 3.61. The van der Waals surface area contributed by atoms with Gasteiger partial charge in [0.15, 0.2) is 0 Å². The molecular formula is C32H36N4O3. The van der Waals surface area contributed by atoms with Gasteiger partial charge in [-0.3, -0.25) is 4.79 Å². The number of allylic oxidation sites excluding steroid dienone is 12. The van der Waals surface area contributed by atoms with E-state index in [0.717, 1.165) is 74.9 Å². The highest BCUT2D eigenvalue weighted by Gasteiger charge is 2.36. The van der Waals surface area contributed by atoms with Crippen LogP contribution in [0.1, 0.15) is 60.8 Å². The Morgan fingerprint density at radius 2 is 1.69 bits per heavy atom. The van der Waals surface area contributed by atoms with Crippen LogP contribution in [0.15, 0.2) is 107 Å². The van der Waals surface area contributed by atoms with Crippen LogP contribution in [0, 0.1) is 11.8 Å². The molecule has 7 nitrogen and oxygen atoms in total. The lowest BCUT2D eigenvalue weighted by Gasteiger charge is -2.17. The van der Waals surface area contributed by atoms with Gasteiger partial charge >= 0.3 is 5.97 Å². The van der Waals surface area contributed by atoms with E-state index in [2.05, 4.69) is 58.2 Å². The first-order valence-electron chi connectivity index (χ1n) is 13.6. The number of rotatable bonds is 4. The van der Waals surface area contributed by atoms with E-state index in [1.165, 1.54) is 12.7 Å². The van der Waals surface area contributed by atoms with Crippen LogP contribution in [-0.4, -0.2) is 35.3 Å². The lowest BCUT2D eigenvalue weighted by atomic mass is 9.86. The first kappa shape index (κ1) is 26.6. The summed E-state index contributed by atoms with van der Waals surface area (Å²) in [6.07, 6.45) is 11.2. The highest BCUT2D eigenvalue weighted by atomic mass is 16.5. The van der Waals surface area contributed by atoms with Gasteiger partial charge in [-0.05, 0) is 92.7 Å². The molecule has 39 heavy (non-hydrogen) atoms. The van der Waals surface area contributed by atoms with Gasteiger partial charge in [-0.15, -0.1) is 0 Å². The van der Waals surface area contributed by atoms with Gasteiger partial charge in [0, 0.05) is 35.2 Å². The Labute approximate surface area is 230 Å². The van der Waals surface area contributed by atoms with E-state index in [9.17, 15) is 9.90 Å². The standard InChI is InChI=1S/C32H36N4O3/c1-8-21-17(3)27-14-30-23(15-37)19(5)26(35-30)13-28-18(4)22(9-10-31(38)39-7)32(36-28)20(6)25-11-16(2)24(33-25)12-29(21)34-27/h11-15,18,22,36-37H,8-10H2,1-7H3/b23-15+,24-12?,27-14?,28-13?,32-20?/t18-,22-/m0/s1. The lowest BCUT2D eigenvalue weighted by molar-refractivity contribution is -0.140. The fourth-order valence-electron chi connectivity index (χ4n) is 5.90. The fourth-order valence-corrected chi connectivity index (χ4v) is 5.90. The van der Waals surface area contributed by atoms with Crippen molar-refractivity contribution in [2.45, 2.75) is 60.8 Å². The molecule has 2 atom stereocenters. The third-order valence-corrected chi connectivity index (χ3v) is 8.43. The zero-order chi connectivity index (χ0) is 28.0. The molecule has 0 aromatic carbocycles. The fraction of sp³-hybridized carbons (Fsp3) is 0.375. The van der Waals surface area contributed by atoms with E-state index in [0.29, 0.717) is 24.1 Å². The number of hydrogen-bond donors (Lipinski definition) is 2. The summed E-state index contributed by atoms with van der Waals surface area (Å²) in [5, 5.41) is 13.8. The van der Waals surface area contributed by atoms with E-state index >= 15 is 0 Å². The summed E-state index contributed by atoms with van der Waals surface area (Å²) < 4.78 is 4.94. The minimum absolute atomic E-state index is 0.0915. The number of nitrogens with one attached hydrogen (secondary N) is 1. The van der Waals surface area contributed by atoms with Crippen molar-refractivity contribution in [3.63, 3.8) is 0 Å². The molecule has 0 saturated carbocycles. The predicted molar refractivity (Wildman–Crippen MR) is 156 cm³/mol. The number of ether oxygens (including phenoxy) is 1. The number of hydrogen-bond acceptors (Lipinski definition) is 7. The van der Waals surface area contributed by atoms with E-state index in [1.807, 2.05) is 13.0 Å². The maximum Gasteiger partial charge on any atom is 0.305 e. The van der Waals surface area contributed by atoms with Gasteiger partial charge in [0.25, 0.3) is 0 Å². The second-order valence-electron chi connectivity index (χ2n) is 10.7. The molecule has 5 aliphatic rings. The van der Waals surface area contributed by atoms with Gasteiger partial charge < -0.3 is 15.2 Å². The molecule has 5 aliphatic heterocycles. The van der Waals surface area contributed by atoms with Crippen molar-refractivity contribution in [1.82, 2.24) is 5.32 Å². The number of aliphatic hydroxyl groups excluding tert-OH is 1. The van der Waals surface area contributed by atoms with E-state index < -0.39 is 0 Å². The molecule has 0 unspecified atom stereocenters. The normalized spacial score (nSPS) is 25.3. The summed E-state index contributed by atoms with van der Waals surface area (Å²) in [7, 11) is 1.43. The highest BCUT2D eigenvalue weighted by molar-refractivity contribution is 6.18. The quantitative estimate of drug-likeness (QED) is 0.325. The maximum atomic E-state index is 12.1. The SMILES string of the molecule is CCC1=C(C)C2=CC3=NC(=C(C)/C3=C\O)C=C3NC(=C(C)C4=NC(=CC1=N2)C(C)=C4)[C@@H](CCC(=O)OC)[C@@H]3C. The first-order valence-corrected chi connectivity index (χ1v) is 13.6. The van der Waals surface area contributed by atoms with Crippen LogP contribution in [0.3, 0.4) is 0 Å². The summed E-state index contributed by atoms with van der Waals surface area (Å²) in [4.78, 5) is 27.0. The Morgan fingerprint density at radius 1 is 0.974 bits per heavy atom. The number of fused-ring (bicyclic) bond motifs is 5. The molecule has 0 aromatic rings. The number of aliphatic hydroxyl groups is 1. The summed E-state index contributed by atoms with van der Waals surface area (Å²) in [5.74, 6) is -0.000916. The first-order chi connectivity index (χ1) is 18.7. The van der Waals surface area contributed by atoms with Crippen molar-refractivity contribution in [3.05, 3.63) is 92.5 Å². The van der Waals surface area contributed by atoms with Crippen LogP contribution in [0.5, 0.6) is 0 Å². The molecule has 202 valence electrons. The molecule has 1 fully saturated rings. The van der Waals surface area contributed by atoms with Crippen molar-refractivity contribution in [2.75, 3.05) is 7.11 Å². The van der Waals surface area contributed by atoms with Crippen molar-refractivity contribution in [2.24, 2.45) is 26.8 Å². The largest absolute Gasteiger partial charge is 0.515 e. The third-order valence-electron chi connectivity index (χ3n) is 8.43. The molecule has 1 saturated heterocycles. The minimum Gasteiger partial charge on any atom is -0.515 e. The van der Waals surface area contributed by atoms with Crippen LogP contribution in [0.25, 0.3) is 0 Å². The summed E-state index contributed by atoms with van der Waals surface area (Å²) in [5.41, 5.74) is 13.2. The molecule has 5 rings (SSSR count). The van der Waals surface area contributed by atoms with Gasteiger partial charge in [-0.25, -0.2) is 15.0 Å². The number of aliphatic imine (C=N–C) groups is 3. The third kappa shape index (κ3) is 4.60. The van der Waals surface area contributed by atoms with Crippen LogP contribution in [0.4, 0.5) is 0 Å². The van der Waals surface area contributed by atoms with Crippen molar-refractivity contribution < 1.29 is 14.6 Å². The second-order valence-corrected chi connectivity index (χ2v) is 10.7. The zero-order valence-electron chi connectivity index (χ0n) is 23.8.